The van der Waals surface area contributed by atoms with E-state index in [4.69, 9.17) is 5.26 Å². The fourth-order valence-corrected chi connectivity index (χ4v) is 1.57. The molecule has 0 heterocycles. The Balaban J connectivity index is 2.78. The van der Waals surface area contributed by atoms with Gasteiger partial charge in [-0.1, -0.05) is 12.1 Å². The van der Waals surface area contributed by atoms with E-state index in [1.54, 1.807) is 19.1 Å². The molecule has 0 aliphatic heterocycles. The Morgan fingerprint density at radius 2 is 1.80 bits per heavy atom. The molecule has 1 aromatic rings. The van der Waals surface area contributed by atoms with Crippen LogP contribution in [-0.4, -0.2) is 5.51 Å². The van der Waals surface area contributed by atoms with Gasteiger partial charge in [0.05, 0.1) is 12.0 Å². The van der Waals surface area contributed by atoms with Crippen LogP contribution in [-0.2, 0) is 0 Å². The molecule has 1 nitrogen and oxygen atoms in total. The van der Waals surface area contributed by atoms with Crippen LogP contribution in [0.15, 0.2) is 29.2 Å². The fraction of sp³-hybridized carbons (Fsp3) is 0.300. The fourth-order valence-electron chi connectivity index (χ4n) is 1.03. The molecule has 1 atom stereocenters. The standard InChI is InChI=1S/C10H8F3NS/c1-7(6-14)8-2-4-9(5-3-8)15-10(11,12)13/h2-5,7H,1H3. The third kappa shape index (κ3) is 3.84. The van der Waals surface area contributed by atoms with E-state index in [1.807, 2.05) is 6.07 Å². The molecule has 0 bridgehead atoms. The van der Waals surface area contributed by atoms with Gasteiger partial charge < -0.3 is 0 Å². The number of hydrogen-bond donors (Lipinski definition) is 0. The summed E-state index contributed by atoms with van der Waals surface area (Å²) in [6.07, 6.45) is 0. The highest BCUT2D eigenvalue weighted by atomic mass is 32.2. The Morgan fingerprint density at radius 3 is 2.20 bits per heavy atom. The van der Waals surface area contributed by atoms with Crippen LogP contribution in [0.3, 0.4) is 0 Å². The molecule has 0 fully saturated rings. The zero-order valence-corrected chi connectivity index (χ0v) is 8.69. The molecule has 0 amide bonds. The summed E-state index contributed by atoms with van der Waals surface area (Å²) in [6, 6.07) is 7.86. The molecule has 0 saturated heterocycles. The second kappa shape index (κ2) is 4.58. The van der Waals surface area contributed by atoms with Crippen LogP contribution in [0.2, 0.25) is 0 Å². The molecule has 1 unspecified atom stereocenters. The van der Waals surface area contributed by atoms with Gasteiger partial charge in [-0.25, -0.2) is 0 Å². The van der Waals surface area contributed by atoms with Crippen molar-refractivity contribution in [3.8, 4) is 6.07 Å². The van der Waals surface area contributed by atoms with Crippen molar-refractivity contribution in [2.24, 2.45) is 0 Å². The number of nitriles is 1. The van der Waals surface area contributed by atoms with Crippen LogP contribution in [0.1, 0.15) is 18.4 Å². The van der Waals surface area contributed by atoms with E-state index >= 15 is 0 Å². The number of alkyl halides is 3. The molecule has 1 rings (SSSR count). The van der Waals surface area contributed by atoms with E-state index in [-0.39, 0.29) is 22.6 Å². The van der Waals surface area contributed by atoms with Crippen LogP contribution >= 0.6 is 11.8 Å². The van der Waals surface area contributed by atoms with Crippen LogP contribution < -0.4 is 0 Å². The van der Waals surface area contributed by atoms with Gasteiger partial charge in [-0.15, -0.1) is 0 Å². The van der Waals surface area contributed by atoms with E-state index in [2.05, 4.69) is 0 Å². The lowest BCUT2D eigenvalue weighted by atomic mass is 10.0. The topological polar surface area (TPSA) is 23.8 Å². The lowest BCUT2D eigenvalue weighted by molar-refractivity contribution is -0.0328. The molecule has 0 aliphatic carbocycles. The minimum Gasteiger partial charge on any atom is -0.198 e. The summed E-state index contributed by atoms with van der Waals surface area (Å²) in [4.78, 5) is 0.136. The first-order valence-corrected chi connectivity index (χ1v) is 4.99. The molecule has 0 aromatic heterocycles. The quantitative estimate of drug-likeness (QED) is 0.720. The zero-order chi connectivity index (χ0) is 11.5. The summed E-state index contributed by atoms with van der Waals surface area (Å²) < 4.78 is 35.9. The number of hydrogen-bond acceptors (Lipinski definition) is 2. The number of halogens is 3. The second-order valence-corrected chi connectivity index (χ2v) is 4.11. The van der Waals surface area contributed by atoms with Gasteiger partial charge >= 0.3 is 5.51 Å². The minimum atomic E-state index is -4.26. The van der Waals surface area contributed by atoms with Crippen LogP contribution in [0.5, 0.6) is 0 Å². The molecule has 5 heteroatoms. The molecule has 0 radical (unpaired) electrons. The summed E-state index contributed by atoms with van der Waals surface area (Å²) in [5, 5.41) is 8.61. The summed E-state index contributed by atoms with van der Waals surface area (Å²) in [5.41, 5.74) is -3.54. The van der Waals surface area contributed by atoms with E-state index < -0.39 is 5.51 Å². The predicted octanol–water partition coefficient (Wildman–Crippen LogP) is 3.93. The SMILES string of the molecule is CC(C#N)c1ccc(SC(F)(F)F)cc1. The lowest BCUT2D eigenvalue weighted by Crippen LogP contribution is -1.99. The number of thioether (sulfide) groups is 1. The first-order chi connectivity index (χ1) is 6.92. The van der Waals surface area contributed by atoms with Crippen molar-refractivity contribution in [3.05, 3.63) is 29.8 Å². The Bertz CT molecular complexity index is 364. The van der Waals surface area contributed by atoms with E-state index in [1.165, 1.54) is 12.1 Å². The first-order valence-electron chi connectivity index (χ1n) is 4.17. The van der Waals surface area contributed by atoms with E-state index in [9.17, 15) is 13.2 Å². The van der Waals surface area contributed by atoms with Crippen molar-refractivity contribution in [1.82, 2.24) is 0 Å². The molecule has 0 N–H and O–H groups in total. The van der Waals surface area contributed by atoms with Crippen molar-refractivity contribution in [1.29, 1.82) is 5.26 Å². The lowest BCUT2D eigenvalue weighted by Gasteiger charge is -2.07. The van der Waals surface area contributed by atoms with Gasteiger partial charge in [0.2, 0.25) is 0 Å². The molecule has 1 aromatic carbocycles. The molecule has 0 spiro atoms. The number of benzene rings is 1. The highest BCUT2D eigenvalue weighted by molar-refractivity contribution is 8.00. The summed E-state index contributed by atoms with van der Waals surface area (Å²) in [5.74, 6) is -0.296. The maximum Gasteiger partial charge on any atom is 0.446 e. The van der Waals surface area contributed by atoms with Gasteiger partial charge in [-0.2, -0.15) is 18.4 Å². The van der Waals surface area contributed by atoms with Gasteiger partial charge in [-0.05, 0) is 36.4 Å². The van der Waals surface area contributed by atoms with Gasteiger partial charge in [0, 0.05) is 4.90 Å². The molecular weight excluding hydrogens is 223 g/mol. The zero-order valence-electron chi connectivity index (χ0n) is 7.88. The van der Waals surface area contributed by atoms with Crippen LogP contribution in [0.25, 0.3) is 0 Å². The average molecular weight is 231 g/mol. The largest absolute Gasteiger partial charge is 0.446 e. The Labute approximate surface area is 89.9 Å². The van der Waals surface area contributed by atoms with Gasteiger partial charge in [-0.3, -0.25) is 0 Å². The second-order valence-electron chi connectivity index (χ2n) is 2.97. The van der Waals surface area contributed by atoms with Crippen LogP contribution in [0.4, 0.5) is 13.2 Å². The van der Waals surface area contributed by atoms with Crippen molar-refractivity contribution in [3.63, 3.8) is 0 Å². The summed E-state index contributed by atoms with van der Waals surface area (Å²) in [7, 11) is 0. The highest BCUT2D eigenvalue weighted by Crippen LogP contribution is 2.36. The van der Waals surface area contributed by atoms with Crippen molar-refractivity contribution in [2.75, 3.05) is 0 Å². The highest BCUT2D eigenvalue weighted by Gasteiger charge is 2.29. The molecular formula is C10H8F3NS. The number of rotatable bonds is 2. The maximum absolute atomic E-state index is 12.0. The van der Waals surface area contributed by atoms with E-state index in [0.717, 1.165) is 5.56 Å². The smallest absolute Gasteiger partial charge is 0.198 e. The van der Waals surface area contributed by atoms with E-state index in [0.29, 0.717) is 0 Å². The Kier molecular flexibility index (Phi) is 3.64. The first kappa shape index (κ1) is 11.9. The van der Waals surface area contributed by atoms with Crippen LogP contribution in [0, 0.1) is 11.3 Å². The normalized spacial score (nSPS) is 13.3. The van der Waals surface area contributed by atoms with Gasteiger partial charge in [0.15, 0.2) is 0 Å². The summed E-state index contributed by atoms with van der Waals surface area (Å²) >= 11 is -0.154. The average Bonchev–Trinajstić information content (AvgIpc) is 2.15. The van der Waals surface area contributed by atoms with Gasteiger partial charge in [0.1, 0.15) is 0 Å². The number of nitrogens with zero attached hydrogens (tertiary/aromatic N) is 1. The van der Waals surface area contributed by atoms with Crippen molar-refractivity contribution < 1.29 is 13.2 Å². The molecule has 0 saturated carbocycles. The van der Waals surface area contributed by atoms with Crippen molar-refractivity contribution in [2.45, 2.75) is 23.2 Å². The third-order valence-electron chi connectivity index (χ3n) is 1.81. The molecule has 15 heavy (non-hydrogen) atoms. The molecule has 0 aliphatic rings. The summed E-state index contributed by atoms with van der Waals surface area (Å²) in [6.45, 7) is 1.70. The third-order valence-corrected chi connectivity index (χ3v) is 2.55. The molecule has 80 valence electrons. The van der Waals surface area contributed by atoms with Gasteiger partial charge in [0.25, 0.3) is 0 Å². The minimum absolute atomic E-state index is 0.136. The maximum atomic E-state index is 12.0. The van der Waals surface area contributed by atoms with Crippen molar-refractivity contribution >= 4 is 11.8 Å². The Morgan fingerprint density at radius 1 is 1.27 bits per heavy atom. The predicted molar refractivity (Wildman–Crippen MR) is 52.4 cm³/mol. The monoisotopic (exact) mass is 231 g/mol. The Hall–Kier alpha value is -1.15.